The number of ether oxygens (including phenoxy) is 2. The van der Waals surface area contributed by atoms with Crippen molar-refractivity contribution in [1.29, 1.82) is 0 Å². The van der Waals surface area contributed by atoms with E-state index in [0.717, 1.165) is 12.8 Å². The Balaban J connectivity index is 1.90. The molecular weight excluding hydrogens is 216 g/mol. The van der Waals surface area contributed by atoms with E-state index in [4.69, 9.17) is 9.47 Å². The average Bonchev–Trinajstić information content (AvgIpc) is 2.55. The third kappa shape index (κ3) is 3.22. The summed E-state index contributed by atoms with van der Waals surface area (Å²) in [6.07, 6.45) is 0.919. The first-order valence-electron chi connectivity index (χ1n) is 5.90. The lowest BCUT2D eigenvalue weighted by Gasteiger charge is -2.20. The Morgan fingerprint density at radius 2 is 1.71 bits per heavy atom. The molecule has 0 heterocycles. The van der Waals surface area contributed by atoms with Gasteiger partial charge in [0.05, 0.1) is 0 Å². The highest BCUT2D eigenvalue weighted by atomic mass is 16.7. The van der Waals surface area contributed by atoms with Crippen LogP contribution in [0.2, 0.25) is 0 Å². The summed E-state index contributed by atoms with van der Waals surface area (Å²) in [5, 5.41) is 0. The quantitative estimate of drug-likeness (QED) is 0.700. The average molecular weight is 234 g/mol. The lowest BCUT2D eigenvalue weighted by molar-refractivity contribution is -0.0246. The SMILES string of the molecule is CC(C)(C)OC(=O)OC1Cc2ccccc2C1. The molecule has 1 aromatic rings. The minimum Gasteiger partial charge on any atom is -0.430 e. The molecule has 3 nitrogen and oxygen atoms in total. The largest absolute Gasteiger partial charge is 0.509 e. The van der Waals surface area contributed by atoms with Gasteiger partial charge in [-0.1, -0.05) is 24.3 Å². The fourth-order valence-corrected chi connectivity index (χ4v) is 2.01. The maximum absolute atomic E-state index is 11.5. The van der Waals surface area contributed by atoms with Gasteiger partial charge in [-0.2, -0.15) is 0 Å². The second-order valence-corrected chi connectivity index (χ2v) is 5.38. The molecule has 0 amide bonds. The van der Waals surface area contributed by atoms with Crippen LogP contribution in [0.3, 0.4) is 0 Å². The van der Waals surface area contributed by atoms with Crippen LogP contribution < -0.4 is 0 Å². The Bertz CT molecular complexity index is 393. The fourth-order valence-electron chi connectivity index (χ4n) is 2.01. The first-order valence-corrected chi connectivity index (χ1v) is 5.90. The molecule has 1 aliphatic rings. The van der Waals surface area contributed by atoms with Crippen LogP contribution in [0.15, 0.2) is 24.3 Å². The van der Waals surface area contributed by atoms with Crippen LogP contribution in [-0.4, -0.2) is 17.9 Å². The zero-order chi connectivity index (χ0) is 12.5. The van der Waals surface area contributed by atoms with Crippen molar-refractivity contribution in [1.82, 2.24) is 0 Å². The van der Waals surface area contributed by atoms with Crippen LogP contribution in [-0.2, 0) is 22.3 Å². The van der Waals surface area contributed by atoms with Crippen molar-refractivity contribution < 1.29 is 14.3 Å². The van der Waals surface area contributed by atoms with E-state index < -0.39 is 11.8 Å². The van der Waals surface area contributed by atoms with E-state index in [1.165, 1.54) is 11.1 Å². The number of hydrogen-bond acceptors (Lipinski definition) is 3. The molecular formula is C14H18O3. The van der Waals surface area contributed by atoms with Crippen LogP contribution in [0.4, 0.5) is 4.79 Å². The molecule has 0 aromatic heterocycles. The van der Waals surface area contributed by atoms with Gasteiger partial charge in [-0.25, -0.2) is 4.79 Å². The Morgan fingerprint density at radius 3 is 2.18 bits per heavy atom. The minimum absolute atomic E-state index is 0.0813. The molecule has 0 saturated carbocycles. The second-order valence-electron chi connectivity index (χ2n) is 5.38. The van der Waals surface area contributed by atoms with Crippen LogP contribution >= 0.6 is 0 Å². The van der Waals surface area contributed by atoms with E-state index in [1.54, 1.807) is 0 Å². The predicted octanol–water partition coefficient (Wildman–Crippen LogP) is 3.11. The summed E-state index contributed by atoms with van der Waals surface area (Å²) in [5.74, 6) is 0. The zero-order valence-corrected chi connectivity index (χ0v) is 10.5. The van der Waals surface area contributed by atoms with Crippen molar-refractivity contribution in [3.05, 3.63) is 35.4 Å². The van der Waals surface area contributed by atoms with Gasteiger partial charge in [-0.15, -0.1) is 0 Å². The van der Waals surface area contributed by atoms with E-state index in [0.29, 0.717) is 0 Å². The molecule has 92 valence electrons. The maximum Gasteiger partial charge on any atom is 0.509 e. The molecule has 0 fully saturated rings. The molecule has 3 heteroatoms. The summed E-state index contributed by atoms with van der Waals surface area (Å²) in [4.78, 5) is 11.5. The Kier molecular flexibility index (Phi) is 3.09. The normalized spacial score (nSPS) is 15.5. The third-order valence-corrected chi connectivity index (χ3v) is 2.67. The summed E-state index contributed by atoms with van der Waals surface area (Å²) in [6.45, 7) is 5.49. The molecule has 0 bridgehead atoms. The Hall–Kier alpha value is -1.51. The topological polar surface area (TPSA) is 35.5 Å². The van der Waals surface area contributed by atoms with Gasteiger partial charge in [-0.05, 0) is 31.9 Å². The number of fused-ring (bicyclic) bond motifs is 1. The third-order valence-electron chi connectivity index (χ3n) is 2.67. The summed E-state index contributed by atoms with van der Waals surface area (Å²) < 4.78 is 10.4. The van der Waals surface area contributed by atoms with Crippen molar-refractivity contribution in [2.75, 3.05) is 0 Å². The van der Waals surface area contributed by atoms with E-state index in [9.17, 15) is 4.79 Å². The minimum atomic E-state index is -0.574. The molecule has 0 aliphatic heterocycles. The van der Waals surface area contributed by atoms with E-state index in [-0.39, 0.29) is 6.10 Å². The molecule has 1 aliphatic carbocycles. The molecule has 0 atom stereocenters. The summed E-state index contributed by atoms with van der Waals surface area (Å²) in [7, 11) is 0. The van der Waals surface area contributed by atoms with Crippen LogP contribution in [0.25, 0.3) is 0 Å². The van der Waals surface area contributed by atoms with Gasteiger partial charge in [0.1, 0.15) is 11.7 Å². The molecule has 1 aromatic carbocycles. The van der Waals surface area contributed by atoms with E-state index >= 15 is 0 Å². The predicted molar refractivity (Wildman–Crippen MR) is 65.0 cm³/mol. The molecule has 0 unspecified atom stereocenters. The van der Waals surface area contributed by atoms with E-state index in [2.05, 4.69) is 12.1 Å². The van der Waals surface area contributed by atoms with Gasteiger partial charge in [0.15, 0.2) is 0 Å². The standard InChI is InChI=1S/C14H18O3/c1-14(2,3)17-13(15)16-12-8-10-6-4-5-7-11(10)9-12/h4-7,12H,8-9H2,1-3H3. The van der Waals surface area contributed by atoms with Gasteiger partial charge < -0.3 is 9.47 Å². The van der Waals surface area contributed by atoms with Crippen molar-refractivity contribution >= 4 is 6.16 Å². The highest BCUT2D eigenvalue weighted by Gasteiger charge is 2.26. The zero-order valence-electron chi connectivity index (χ0n) is 10.5. The number of carbonyl (C=O) groups is 1. The molecule has 0 spiro atoms. The Morgan fingerprint density at radius 1 is 1.18 bits per heavy atom. The molecule has 0 N–H and O–H groups in total. The first kappa shape index (κ1) is 12.0. The number of carbonyl (C=O) groups excluding carboxylic acids is 1. The first-order chi connectivity index (χ1) is 7.94. The van der Waals surface area contributed by atoms with Crippen molar-refractivity contribution in [3.8, 4) is 0 Å². The number of hydrogen-bond donors (Lipinski definition) is 0. The van der Waals surface area contributed by atoms with Gasteiger partial charge in [0.2, 0.25) is 0 Å². The van der Waals surface area contributed by atoms with E-state index in [1.807, 2.05) is 32.9 Å². The van der Waals surface area contributed by atoms with Crippen molar-refractivity contribution in [3.63, 3.8) is 0 Å². The summed E-state index contributed by atoms with van der Waals surface area (Å²) in [5.41, 5.74) is 2.03. The molecule has 17 heavy (non-hydrogen) atoms. The highest BCUT2D eigenvalue weighted by molar-refractivity contribution is 5.61. The smallest absolute Gasteiger partial charge is 0.430 e. The van der Waals surface area contributed by atoms with Gasteiger partial charge in [0.25, 0.3) is 0 Å². The van der Waals surface area contributed by atoms with Gasteiger partial charge in [-0.3, -0.25) is 0 Å². The molecule has 0 saturated heterocycles. The van der Waals surface area contributed by atoms with Gasteiger partial charge in [0, 0.05) is 12.8 Å². The van der Waals surface area contributed by atoms with Crippen molar-refractivity contribution in [2.24, 2.45) is 0 Å². The highest BCUT2D eigenvalue weighted by Crippen LogP contribution is 2.24. The molecule has 2 rings (SSSR count). The molecule has 0 radical (unpaired) electrons. The maximum atomic E-state index is 11.5. The lowest BCUT2D eigenvalue weighted by atomic mass is 10.1. The Labute approximate surface area is 102 Å². The van der Waals surface area contributed by atoms with Crippen molar-refractivity contribution in [2.45, 2.75) is 45.3 Å². The lowest BCUT2D eigenvalue weighted by Crippen LogP contribution is -2.27. The fraction of sp³-hybridized carbons (Fsp3) is 0.500. The number of rotatable bonds is 1. The second kappa shape index (κ2) is 4.40. The van der Waals surface area contributed by atoms with Crippen LogP contribution in [0.1, 0.15) is 31.9 Å². The monoisotopic (exact) mass is 234 g/mol. The van der Waals surface area contributed by atoms with Crippen LogP contribution in [0, 0.1) is 0 Å². The summed E-state index contributed by atoms with van der Waals surface area (Å²) in [6, 6.07) is 8.17. The van der Waals surface area contributed by atoms with Gasteiger partial charge >= 0.3 is 6.16 Å². The van der Waals surface area contributed by atoms with Crippen LogP contribution in [0.5, 0.6) is 0 Å². The summed E-state index contributed by atoms with van der Waals surface area (Å²) >= 11 is 0. The number of benzene rings is 1.